The molecule has 1 aliphatic heterocycles. The second-order valence-electron chi connectivity index (χ2n) is 4.64. The summed E-state index contributed by atoms with van der Waals surface area (Å²) in [7, 11) is -3.37. The van der Waals surface area contributed by atoms with Crippen LogP contribution in [0.4, 0.5) is 0 Å². The van der Waals surface area contributed by atoms with Crippen LogP contribution in [0.2, 0.25) is 5.02 Å². The molecular weight excluding hydrogens is 334 g/mol. The first-order chi connectivity index (χ1) is 9.86. The lowest BCUT2D eigenvalue weighted by atomic mass is 10.2. The van der Waals surface area contributed by atoms with E-state index < -0.39 is 21.1 Å². The minimum absolute atomic E-state index is 0.0181. The maximum Gasteiger partial charge on any atom is 0.256 e. The normalized spacial score (nSPS) is 19.5. The molecule has 1 aromatic rings. The van der Waals surface area contributed by atoms with Crippen LogP contribution >= 0.6 is 23.4 Å². The van der Waals surface area contributed by atoms with E-state index in [0.29, 0.717) is 18.1 Å². The SMILES string of the molecule is CCS(=O)(=O)C1CSCCN1C(=O)c1cc(O)ccc1Cl. The molecule has 5 nitrogen and oxygen atoms in total. The van der Waals surface area contributed by atoms with E-state index in [1.54, 1.807) is 6.92 Å². The number of aromatic hydroxyl groups is 1. The van der Waals surface area contributed by atoms with Crippen molar-refractivity contribution in [2.75, 3.05) is 23.8 Å². The van der Waals surface area contributed by atoms with Crippen LogP contribution in [0.1, 0.15) is 17.3 Å². The van der Waals surface area contributed by atoms with Crippen LogP contribution in [-0.2, 0) is 9.84 Å². The molecule has 1 heterocycles. The van der Waals surface area contributed by atoms with Crippen molar-refractivity contribution in [1.29, 1.82) is 0 Å². The number of carbonyl (C=O) groups excluding carboxylic acids is 1. The van der Waals surface area contributed by atoms with Gasteiger partial charge in [-0.15, -0.1) is 0 Å². The second kappa shape index (κ2) is 6.46. The monoisotopic (exact) mass is 349 g/mol. The van der Waals surface area contributed by atoms with E-state index >= 15 is 0 Å². The van der Waals surface area contributed by atoms with Gasteiger partial charge in [0.05, 0.1) is 10.6 Å². The minimum Gasteiger partial charge on any atom is -0.508 e. The summed E-state index contributed by atoms with van der Waals surface area (Å²) in [6.45, 7) is 1.91. The van der Waals surface area contributed by atoms with Crippen molar-refractivity contribution in [2.24, 2.45) is 0 Å². The fourth-order valence-electron chi connectivity index (χ4n) is 2.14. The summed E-state index contributed by atoms with van der Waals surface area (Å²) < 4.78 is 24.3. The van der Waals surface area contributed by atoms with E-state index in [9.17, 15) is 18.3 Å². The Labute approximate surface area is 133 Å². The van der Waals surface area contributed by atoms with Crippen LogP contribution in [0.3, 0.4) is 0 Å². The van der Waals surface area contributed by atoms with Gasteiger partial charge in [-0.1, -0.05) is 18.5 Å². The van der Waals surface area contributed by atoms with Crippen molar-refractivity contribution in [3.8, 4) is 5.75 Å². The number of rotatable bonds is 3. The van der Waals surface area contributed by atoms with Crippen LogP contribution in [0.5, 0.6) is 5.75 Å². The van der Waals surface area contributed by atoms with Gasteiger partial charge in [0.15, 0.2) is 9.84 Å². The zero-order chi connectivity index (χ0) is 15.6. The third-order valence-electron chi connectivity index (χ3n) is 3.34. The number of phenolic OH excluding ortho intramolecular Hbond substituents is 1. The van der Waals surface area contributed by atoms with Gasteiger partial charge in [-0.05, 0) is 18.2 Å². The summed E-state index contributed by atoms with van der Waals surface area (Å²) in [5, 5.41) is 8.86. The maximum atomic E-state index is 12.6. The highest BCUT2D eigenvalue weighted by molar-refractivity contribution is 8.01. The smallest absolute Gasteiger partial charge is 0.256 e. The number of amides is 1. The average molecular weight is 350 g/mol. The number of phenols is 1. The average Bonchev–Trinajstić information content (AvgIpc) is 2.49. The van der Waals surface area contributed by atoms with Gasteiger partial charge in [0.1, 0.15) is 11.1 Å². The predicted molar refractivity (Wildman–Crippen MR) is 84.7 cm³/mol. The Balaban J connectivity index is 2.37. The summed E-state index contributed by atoms with van der Waals surface area (Å²) >= 11 is 7.51. The highest BCUT2D eigenvalue weighted by Gasteiger charge is 2.36. The van der Waals surface area contributed by atoms with Gasteiger partial charge in [-0.3, -0.25) is 4.79 Å². The van der Waals surface area contributed by atoms with E-state index in [2.05, 4.69) is 0 Å². The van der Waals surface area contributed by atoms with E-state index in [1.165, 1.54) is 34.9 Å². The van der Waals surface area contributed by atoms with Gasteiger partial charge in [-0.2, -0.15) is 11.8 Å². The molecule has 1 atom stereocenters. The molecule has 1 amide bonds. The number of hydrogen-bond acceptors (Lipinski definition) is 5. The molecule has 1 unspecified atom stereocenters. The van der Waals surface area contributed by atoms with Gasteiger partial charge < -0.3 is 10.0 Å². The van der Waals surface area contributed by atoms with Crippen LogP contribution in [0, 0.1) is 0 Å². The van der Waals surface area contributed by atoms with Crippen molar-refractivity contribution in [1.82, 2.24) is 4.90 Å². The molecular formula is C13H16ClNO4S2. The van der Waals surface area contributed by atoms with Crippen LogP contribution < -0.4 is 0 Å². The maximum absolute atomic E-state index is 12.6. The van der Waals surface area contributed by atoms with E-state index in [0.717, 1.165) is 0 Å². The molecule has 0 bridgehead atoms. The van der Waals surface area contributed by atoms with Crippen molar-refractivity contribution in [3.63, 3.8) is 0 Å². The molecule has 1 N–H and O–H groups in total. The Morgan fingerprint density at radius 3 is 2.90 bits per heavy atom. The number of hydrogen-bond donors (Lipinski definition) is 1. The molecule has 0 spiro atoms. The second-order valence-corrected chi connectivity index (χ2v) is 8.65. The van der Waals surface area contributed by atoms with E-state index in [4.69, 9.17) is 11.6 Å². The van der Waals surface area contributed by atoms with Crippen molar-refractivity contribution >= 4 is 39.1 Å². The van der Waals surface area contributed by atoms with Crippen LogP contribution in [0.15, 0.2) is 18.2 Å². The largest absolute Gasteiger partial charge is 0.508 e. The molecule has 0 aliphatic carbocycles. The molecule has 1 aliphatic rings. The summed E-state index contributed by atoms with van der Waals surface area (Å²) in [4.78, 5) is 13.9. The first-order valence-electron chi connectivity index (χ1n) is 6.45. The summed E-state index contributed by atoms with van der Waals surface area (Å²) in [6.07, 6.45) is 0. The fourth-order valence-corrected chi connectivity index (χ4v) is 5.30. The quantitative estimate of drug-likeness (QED) is 0.903. The zero-order valence-electron chi connectivity index (χ0n) is 11.5. The first-order valence-corrected chi connectivity index (χ1v) is 9.70. The van der Waals surface area contributed by atoms with E-state index in [1.807, 2.05) is 0 Å². The fraction of sp³-hybridized carbons (Fsp3) is 0.462. The zero-order valence-corrected chi connectivity index (χ0v) is 13.8. The molecule has 1 aromatic carbocycles. The first kappa shape index (κ1) is 16.5. The number of carbonyl (C=O) groups is 1. The Kier molecular flexibility index (Phi) is 5.06. The number of halogens is 1. The number of nitrogens with zero attached hydrogens (tertiary/aromatic N) is 1. The van der Waals surface area contributed by atoms with Crippen molar-refractivity contribution in [3.05, 3.63) is 28.8 Å². The Bertz CT molecular complexity index is 648. The molecule has 8 heteroatoms. The van der Waals surface area contributed by atoms with Crippen molar-refractivity contribution < 1.29 is 18.3 Å². The predicted octanol–water partition coefficient (Wildman–Crippen LogP) is 2.00. The van der Waals surface area contributed by atoms with Crippen molar-refractivity contribution in [2.45, 2.75) is 12.3 Å². The third kappa shape index (κ3) is 3.46. The Hall–Kier alpha value is -0.920. The number of thioether (sulfide) groups is 1. The van der Waals surface area contributed by atoms with Gasteiger partial charge in [-0.25, -0.2) is 8.42 Å². The van der Waals surface area contributed by atoms with Gasteiger partial charge in [0.25, 0.3) is 5.91 Å². The molecule has 1 saturated heterocycles. The molecule has 0 saturated carbocycles. The van der Waals surface area contributed by atoms with Gasteiger partial charge in [0.2, 0.25) is 0 Å². The summed E-state index contributed by atoms with van der Waals surface area (Å²) in [5.74, 6) is 0.480. The Morgan fingerprint density at radius 1 is 1.52 bits per heavy atom. The van der Waals surface area contributed by atoms with E-state index in [-0.39, 0.29) is 22.1 Å². The highest BCUT2D eigenvalue weighted by Crippen LogP contribution is 2.27. The lowest BCUT2D eigenvalue weighted by Gasteiger charge is -2.34. The molecule has 2 rings (SSSR count). The molecule has 1 fully saturated rings. The van der Waals surface area contributed by atoms with Gasteiger partial charge >= 0.3 is 0 Å². The van der Waals surface area contributed by atoms with Crippen LogP contribution in [-0.4, -0.2) is 53.5 Å². The minimum atomic E-state index is -3.37. The standard InChI is InChI=1S/C13H16ClNO4S2/c1-2-21(18,19)12-8-20-6-5-15(12)13(17)10-7-9(16)3-4-11(10)14/h3-4,7,12,16H,2,5-6,8H2,1H3. The molecule has 0 radical (unpaired) electrons. The number of benzene rings is 1. The molecule has 21 heavy (non-hydrogen) atoms. The lowest BCUT2D eigenvalue weighted by Crippen LogP contribution is -2.50. The Morgan fingerprint density at radius 2 is 2.24 bits per heavy atom. The topological polar surface area (TPSA) is 74.7 Å². The third-order valence-corrected chi connectivity index (χ3v) is 6.96. The summed E-state index contributed by atoms with van der Waals surface area (Å²) in [5.41, 5.74) is 0.125. The molecule has 116 valence electrons. The lowest BCUT2D eigenvalue weighted by molar-refractivity contribution is 0.0749. The van der Waals surface area contributed by atoms with Gasteiger partial charge in [0, 0.05) is 23.8 Å². The number of sulfone groups is 1. The molecule has 0 aromatic heterocycles. The van der Waals surface area contributed by atoms with Crippen LogP contribution in [0.25, 0.3) is 0 Å². The summed E-state index contributed by atoms with van der Waals surface area (Å²) in [6, 6.07) is 4.07. The highest BCUT2D eigenvalue weighted by atomic mass is 35.5.